The molecule has 0 radical (unpaired) electrons. The Morgan fingerprint density at radius 1 is 1.38 bits per heavy atom. The molecule has 1 aliphatic carbocycles. The summed E-state index contributed by atoms with van der Waals surface area (Å²) in [5.74, 6) is 0. The zero-order chi connectivity index (χ0) is 15.5. The van der Waals surface area contributed by atoms with Gasteiger partial charge in [-0.15, -0.1) is 0 Å². The van der Waals surface area contributed by atoms with Crippen LogP contribution in [0, 0.1) is 6.92 Å². The van der Waals surface area contributed by atoms with Gasteiger partial charge in [-0.25, -0.2) is 13.1 Å². The highest BCUT2D eigenvalue weighted by Gasteiger charge is 2.22. The van der Waals surface area contributed by atoms with Gasteiger partial charge < -0.3 is 10.1 Å². The average Bonchev–Trinajstić information content (AvgIpc) is 3.24. The molecule has 0 bridgehead atoms. The van der Waals surface area contributed by atoms with Crippen LogP contribution in [0.5, 0.6) is 0 Å². The fourth-order valence-corrected chi connectivity index (χ4v) is 3.96. The second-order valence-corrected chi connectivity index (χ2v) is 7.84. The van der Waals surface area contributed by atoms with E-state index in [1.807, 2.05) is 6.07 Å². The Bertz CT molecular complexity index is 600. The van der Waals surface area contributed by atoms with Crippen molar-refractivity contribution in [3.8, 4) is 0 Å². The number of hydrogen-bond acceptors (Lipinski definition) is 4. The largest absolute Gasteiger partial charge is 0.383 e. The van der Waals surface area contributed by atoms with E-state index < -0.39 is 10.0 Å². The molecule has 0 amide bonds. The average molecular weight is 377 g/mol. The third kappa shape index (κ3) is 4.75. The van der Waals surface area contributed by atoms with Crippen LogP contribution >= 0.6 is 15.9 Å². The lowest BCUT2D eigenvalue weighted by atomic mass is 10.1. The normalized spacial score (nSPS) is 15.4. The van der Waals surface area contributed by atoms with E-state index in [9.17, 15) is 8.42 Å². The minimum Gasteiger partial charge on any atom is -0.383 e. The highest BCUT2D eigenvalue weighted by atomic mass is 79.9. The molecule has 118 valence electrons. The summed E-state index contributed by atoms with van der Waals surface area (Å²) >= 11 is 3.45. The molecule has 0 saturated heterocycles. The summed E-state index contributed by atoms with van der Waals surface area (Å²) in [6, 6.07) is 4.30. The van der Waals surface area contributed by atoms with E-state index >= 15 is 0 Å². The van der Waals surface area contributed by atoms with Gasteiger partial charge in [0.05, 0.1) is 11.5 Å². The molecule has 21 heavy (non-hydrogen) atoms. The molecule has 1 aromatic rings. The van der Waals surface area contributed by atoms with Crippen molar-refractivity contribution in [3.63, 3.8) is 0 Å². The van der Waals surface area contributed by atoms with Crippen molar-refractivity contribution >= 4 is 26.0 Å². The van der Waals surface area contributed by atoms with Gasteiger partial charge in [-0.3, -0.25) is 0 Å². The van der Waals surface area contributed by atoms with Crippen molar-refractivity contribution in [2.75, 3.05) is 20.3 Å². The summed E-state index contributed by atoms with van der Waals surface area (Å²) in [6.07, 6.45) is 2.41. The predicted octanol–water partition coefficient (Wildman–Crippen LogP) is 1.93. The molecule has 1 aromatic carbocycles. The monoisotopic (exact) mass is 376 g/mol. The van der Waals surface area contributed by atoms with Gasteiger partial charge in [0.2, 0.25) is 10.0 Å². The number of rotatable bonds is 8. The number of halogens is 1. The quantitative estimate of drug-likeness (QED) is 0.680. The van der Waals surface area contributed by atoms with Crippen molar-refractivity contribution in [1.29, 1.82) is 0 Å². The molecule has 1 fully saturated rings. The number of nitrogens with one attached hydrogen (secondary N) is 2. The SMILES string of the molecule is COCCNS(=O)(=O)c1cc(CNC2CC2)cc(Br)c1C. The summed E-state index contributed by atoms with van der Waals surface area (Å²) in [4.78, 5) is 0.320. The van der Waals surface area contributed by atoms with Crippen LogP contribution in [0.1, 0.15) is 24.0 Å². The van der Waals surface area contributed by atoms with Crippen LogP contribution < -0.4 is 10.0 Å². The fraction of sp³-hybridized carbons (Fsp3) is 0.571. The first-order chi connectivity index (χ1) is 9.94. The van der Waals surface area contributed by atoms with Gasteiger partial charge >= 0.3 is 0 Å². The second kappa shape index (κ2) is 7.19. The lowest BCUT2D eigenvalue weighted by Gasteiger charge is -2.13. The fourth-order valence-electron chi connectivity index (χ4n) is 1.99. The topological polar surface area (TPSA) is 67.4 Å². The molecular weight excluding hydrogens is 356 g/mol. The molecule has 1 aliphatic rings. The van der Waals surface area contributed by atoms with Crippen LogP contribution in [0.3, 0.4) is 0 Å². The van der Waals surface area contributed by atoms with Crippen molar-refractivity contribution in [2.24, 2.45) is 0 Å². The Balaban J connectivity index is 2.19. The smallest absolute Gasteiger partial charge is 0.240 e. The third-order valence-corrected chi connectivity index (χ3v) is 5.83. The Morgan fingerprint density at radius 2 is 2.10 bits per heavy atom. The molecule has 0 atom stereocenters. The van der Waals surface area contributed by atoms with Crippen LogP contribution in [0.4, 0.5) is 0 Å². The molecule has 0 unspecified atom stereocenters. The number of benzene rings is 1. The van der Waals surface area contributed by atoms with Crippen LogP contribution in [-0.4, -0.2) is 34.7 Å². The van der Waals surface area contributed by atoms with E-state index in [0.29, 0.717) is 24.1 Å². The zero-order valence-corrected chi connectivity index (χ0v) is 14.7. The van der Waals surface area contributed by atoms with E-state index in [1.54, 1.807) is 20.1 Å². The first-order valence-electron chi connectivity index (χ1n) is 6.95. The van der Waals surface area contributed by atoms with Crippen LogP contribution in [0.2, 0.25) is 0 Å². The maximum absolute atomic E-state index is 12.4. The van der Waals surface area contributed by atoms with Crippen molar-refractivity contribution in [2.45, 2.75) is 37.2 Å². The zero-order valence-electron chi connectivity index (χ0n) is 12.3. The van der Waals surface area contributed by atoms with Crippen LogP contribution in [0.25, 0.3) is 0 Å². The van der Waals surface area contributed by atoms with Gasteiger partial charge in [-0.05, 0) is 43.0 Å². The Hall–Kier alpha value is -0.470. The molecular formula is C14H21BrN2O3S. The molecule has 0 spiro atoms. The van der Waals surface area contributed by atoms with Crippen LogP contribution in [-0.2, 0) is 21.3 Å². The first kappa shape index (κ1) is 16.9. The van der Waals surface area contributed by atoms with E-state index in [4.69, 9.17) is 4.74 Å². The van der Waals surface area contributed by atoms with Crippen LogP contribution in [0.15, 0.2) is 21.5 Å². The second-order valence-electron chi connectivity index (χ2n) is 5.25. The minimum absolute atomic E-state index is 0.264. The molecule has 7 heteroatoms. The van der Waals surface area contributed by atoms with Gasteiger partial charge in [0.25, 0.3) is 0 Å². The minimum atomic E-state index is -3.52. The summed E-state index contributed by atoms with van der Waals surface area (Å²) in [6.45, 7) is 3.10. The lowest BCUT2D eigenvalue weighted by molar-refractivity contribution is 0.204. The lowest BCUT2D eigenvalue weighted by Crippen LogP contribution is -2.28. The number of sulfonamides is 1. The van der Waals surface area contributed by atoms with Gasteiger partial charge in [0, 0.05) is 30.7 Å². The maximum atomic E-state index is 12.4. The van der Waals surface area contributed by atoms with Crippen molar-refractivity contribution < 1.29 is 13.2 Å². The van der Waals surface area contributed by atoms with Gasteiger partial charge in [-0.1, -0.05) is 15.9 Å². The Morgan fingerprint density at radius 3 is 2.71 bits per heavy atom. The van der Waals surface area contributed by atoms with Gasteiger partial charge in [0.1, 0.15) is 0 Å². The molecule has 1 saturated carbocycles. The third-order valence-electron chi connectivity index (χ3n) is 3.42. The number of hydrogen-bond donors (Lipinski definition) is 2. The van der Waals surface area contributed by atoms with E-state index in [2.05, 4.69) is 26.0 Å². The molecule has 5 nitrogen and oxygen atoms in total. The predicted molar refractivity (Wildman–Crippen MR) is 85.8 cm³/mol. The number of ether oxygens (including phenoxy) is 1. The van der Waals surface area contributed by atoms with Crippen molar-refractivity contribution in [3.05, 3.63) is 27.7 Å². The highest BCUT2D eigenvalue weighted by Crippen LogP contribution is 2.26. The summed E-state index contributed by atoms with van der Waals surface area (Å²) < 4.78 is 33.0. The van der Waals surface area contributed by atoms with Gasteiger partial charge in [-0.2, -0.15) is 0 Å². The van der Waals surface area contributed by atoms with E-state index in [1.165, 1.54) is 12.8 Å². The molecule has 0 aromatic heterocycles. The summed E-state index contributed by atoms with van der Waals surface area (Å²) in [7, 11) is -1.98. The molecule has 0 aliphatic heterocycles. The van der Waals surface area contributed by atoms with Crippen molar-refractivity contribution in [1.82, 2.24) is 10.0 Å². The maximum Gasteiger partial charge on any atom is 0.240 e. The molecule has 2 N–H and O–H groups in total. The number of methoxy groups -OCH3 is 1. The van der Waals surface area contributed by atoms with E-state index in [-0.39, 0.29) is 6.54 Å². The van der Waals surface area contributed by atoms with Gasteiger partial charge in [0.15, 0.2) is 0 Å². The summed E-state index contributed by atoms with van der Waals surface area (Å²) in [5, 5.41) is 3.39. The first-order valence-corrected chi connectivity index (χ1v) is 9.22. The molecule has 2 rings (SSSR count). The Labute approximate surface area is 134 Å². The van der Waals surface area contributed by atoms with E-state index in [0.717, 1.165) is 15.6 Å². The highest BCUT2D eigenvalue weighted by molar-refractivity contribution is 9.10. The standard InChI is InChI=1S/C14H21BrN2O3S/c1-10-13(15)7-11(9-16-12-3-4-12)8-14(10)21(18,19)17-5-6-20-2/h7-8,12,16-17H,3-6,9H2,1-2H3. The Kier molecular flexibility index (Phi) is 5.79. The molecule has 0 heterocycles. The summed E-state index contributed by atoms with van der Waals surface area (Å²) in [5.41, 5.74) is 1.68.